The van der Waals surface area contributed by atoms with E-state index in [0.717, 1.165) is 11.1 Å². The van der Waals surface area contributed by atoms with Gasteiger partial charge in [0.15, 0.2) is 17.3 Å². The van der Waals surface area contributed by atoms with Crippen LogP contribution in [0.25, 0.3) is 11.1 Å². The lowest BCUT2D eigenvalue weighted by atomic mass is 9.95. The standard InChI is InChI=1S/C38H53N3O10/c1-21(36(45)39-16-15-24-18-25(50-38(6,7)49-24)19-32(44)51-37(3,4)5)40-29-14-12-26-27(20-30(29)43)28(41-22(2)42)13-11-23-17-31(46-8)34(47-9)35(48-10)33(23)26/h12,14,17,20-21,24-25,28H,11,13,15-16,18-19H2,1-10H3,(H,39,45)(H,40,43)(H,41,42). The number of hydrogen-bond acceptors (Lipinski definition) is 11. The summed E-state index contributed by atoms with van der Waals surface area (Å²) < 4.78 is 34.6. The van der Waals surface area contributed by atoms with Crippen molar-refractivity contribution in [3.8, 4) is 28.4 Å². The number of hydrogen-bond donors (Lipinski definition) is 3. The monoisotopic (exact) mass is 711 g/mol. The maximum Gasteiger partial charge on any atom is 0.308 e. The van der Waals surface area contributed by atoms with Crippen LogP contribution in [-0.4, -0.2) is 75.3 Å². The molecule has 0 radical (unpaired) electrons. The summed E-state index contributed by atoms with van der Waals surface area (Å²) in [6, 6.07) is 5.62. The van der Waals surface area contributed by atoms with Gasteiger partial charge in [-0.25, -0.2) is 0 Å². The first-order chi connectivity index (χ1) is 23.9. The molecule has 1 aliphatic carbocycles. The van der Waals surface area contributed by atoms with E-state index in [-0.39, 0.29) is 47.5 Å². The van der Waals surface area contributed by atoms with Gasteiger partial charge in [0.05, 0.1) is 51.7 Å². The van der Waals surface area contributed by atoms with Crippen LogP contribution in [0.3, 0.4) is 0 Å². The Kier molecular flexibility index (Phi) is 12.6. The normalized spacial score (nSPS) is 20.0. The van der Waals surface area contributed by atoms with Crippen LogP contribution in [0.1, 0.15) is 91.3 Å². The van der Waals surface area contributed by atoms with Crippen LogP contribution in [-0.2, 0) is 35.0 Å². The molecule has 4 unspecified atom stereocenters. The van der Waals surface area contributed by atoms with E-state index in [9.17, 15) is 19.2 Å². The number of carbonyl (C=O) groups is 3. The highest BCUT2D eigenvalue weighted by atomic mass is 16.7. The molecule has 1 aliphatic heterocycles. The van der Waals surface area contributed by atoms with Crippen molar-refractivity contribution < 1.29 is 42.8 Å². The van der Waals surface area contributed by atoms with Gasteiger partial charge in [0.1, 0.15) is 11.6 Å². The zero-order valence-corrected chi connectivity index (χ0v) is 31.4. The summed E-state index contributed by atoms with van der Waals surface area (Å²) in [6.45, 7) is 12.5. The quantitative estimate of drug-likeness (QED) is 0.259. The first-order valence-corrected chi connectivity index (χ1v) is 17.3. The molecule has 2 amide bonds. The Morgan fingerprint density at radius 1 is 1.00 bits per heavy atom. The van der Waals surface area contributed by atoms with Crippen molar-refractivity contribution in [2.45, 2.75) is 116 Å². The molecule has 280 valence electrons. The molecule has 0 bridgehead atoms. The van der Waals surface area contributed by atoms with E-state index in [4.69, 9.17) is 28.4 Å². The predicted octanol–water partition coefficient (Wildman–Crippen LogP) is 4.81. The molecule has 1 saturated heterocycles. The fourth-order valence-corrected chi connectivity index (χ4v) is 6.73. The summed E-state index contributed by atoms with van der Waals surface area (Å²) in [5.41, 5.74) is 2.23. The molecule has 2 aromatic carbocycles. The molecule has 51 heavy (non-hydrogen) atoms. The molecule has 2 aromatic rings. The van der Waals surface area contributed by atoms with Crippen LogP contribution in [0.5, 0.6) is 17.2 Å². The van der Waals surface area contributed by atoms with Crippen LogP contribution in [0.2, 0.25) is 0 Å². The second-order valence-electron chi connectivity index (χ2n) is 14.4. The van der Waals surface area contributed by atoms with Gasteiger partial charge in [-0.3, -0.25) is 19.2 Å². The first-order valence-electron chi connectivity index (χ1n) is 17.3. The van der Waals surface area contributed by atoms with Crippen molar-refractivity contribution in [1.29, 1.82) is 0 Å². The minimum atomic E-state index is -0.902. The number of rotatable bonds is 12. The highest BCUT2D eigenvalue weighted by molar-refractivity contribution is 5.85. The molecule has 1 heterocycles. The Morgan fingerprint density at radius 3 is 2.31 bits per heavy atom. The molecule has 0 spiro atoms. The van der Waals surface area contributed by atoms with Crippen molar-refractivity contribution in [3.05, 3.63) is 45.6 Å². The van der Waals surface area contributed by atoms with Gasteiger partial charge in [0.2, 0.25) is 23.0 Å². The molecule has 4 atom stereocenters. The lowest BCUT2D eigenvalue weighted by Crippen LogP contribution is -2.47. The number of aryl methyl sites for hydroxylation is 1. The summed E-state index contributed by atoms with van der Waals surface area (Å²) in [5.74, 6) is -0.407. The number of ether oxygens (including phenoxy) is 6. The van der Waals surface area contributed by atoms with Gasteiger partial charge in [-0.15, -0.1) is 0 Å². The molecule has 0 saturated carbocycles. The second kappa shape index (κ2) is 16.3. The zero-order valence-electron chi connectivity index (χ0n) is 31.4. The SMILES string of the molecule is COc1cc2c(c(OC)c1OC)-c1ccc(NC(C)C(=O)NCCC3CC(CC(=O)OC(C)(C)C)OC(C)(C)O3)c(=O)cc1C(NC(C)=O)CC2. The highest BCUT2D eigenvalue weighted by Gasteiger charge is 2.37. The molecule has 13 nitrogen and oxygen atoms in total. The summed E-state index contributed by atoms with van der Waals surface area (Å²) in [5, 5.41) is 9.00. The Balaban J connectivity index is 1.51. The predicted molar refractivity (Wildman–Crippen MR) is 192 cm³/mol. The lowest BCUT2D eigenvalue weighted by molar-refractivity contribution is -0.300. The van der Waals surface area contributed by atoms with Crippen molar-refractivity contribution in [1.82, 2.24) is 10.6 Å². The minimum absolute atomic E-state index is 0.106. The minimum Gasteiger partial charge on any atom is -0.493 e. The third-order valence-electron chi connectivity index (χ3n) is 8.69. The van der Waals surface area contributed by atoms with Gasteiger partial charge in [0.25, 0.3) is 0 Å². The van der Waals surface area contributed by atoms with Crippen molar-refractivity contribution in [2.75, 3.05) is 33.2 Å². The maximum atomic E-state index is 13.7. The average Bonchev–Trinajstić information content (AvgIpc) is 3.26. The summed E-state index contributed by atoms with van der Waals surface area (Å²) in [7, 11) is 4.62. The van der Waals surface area contributed by atoms with Crippen LogP contribution in [0, 0.1) is 0 Å². The Labute approximate surface area is 300 Å². The van der Waals surface area contributed by atoms with Crippen molar-refractivity contribution in [2.24, 2.45) is 0 Å². The van der Waals surface area contributed by atoms with Gasteiger partial charge < -0.3 is 44.4 Å². The number of anilines is 1. The highest BCUT2D eigenvalue weighted by Crippen LogP contribution is 2.50. The molecule has 3 N–H and O–H groups in total. The molecule has 4 rings (SSSR count). The lowest BCUT2D eigenvalue weighted by Gasteiger charge is -2.40. The molecular formula is C38H53N3O10. The van der Waals surface area contributed by atoms with E-state index in [1.807, 2.05) is 26.8 Å². The summed E-state index contributed by atoms with van der Waals surface area (Å²) in [4.78, 5) is 51.6. The van der Waals surface area contributed by atoms with Crippen LogP contribution in [0.4, 0.5) is 5.69 Å². The third-order valence-corrected chi connectivity index (χ3v) is 8.69. The molecular weight excluding hydrogens is 658 g/mol. The average molecular weight is 712 g/mol. The number of carbonyl (C=O) groups excluding carboxylic acids is 3. The Bertz CT molecular complexity index is 1670. The van der Waals surface area contributed by atoms with E-state index in [2.05, 4.69) is 16.0 Å². The van der Waals surface area contributed by atoms with E-state index in [1.54, 1.807) is 47.1 Å². The third kappa shape index (κ3) is 10.1. The van der Waals surface area contributed by atoms with E-state index in [0.29, 0.717) is 60.6 Å². The van der Waals surface area contributed by atoms with Gasteiger partial charge in [0, 0.05) is 25.5 Å². The fourth-order valence-electron chi connectivity index (χ4n) is 6.73. The topological polar surface area (TPSA) is 160 Å². The molecule has 1 fully saturated rings. The molecule has 0 aromatic heterocycles. The molecule has 2 aliphatic rings. The second-order valence-corrected chi connectivity index (χ2v) is 14.4. The van der Waals surface area contributed by atoms with Gasteiger partial charge in [-0.1, -0.05) is 6.07 Å². The first kappa shape index (κ1) is 39.4. The number of benzene rings is 1. The number of nitrogens with one attached hydrogen (secondary N) is 3. The van der Waals surface area contributed by atoms with E-state index in [1.165, 1.54) is 20.1 Å². The molecule has 13 heteroatoms. The summed E-state index contributed by atoms with van der Waals surface area (Å²) in [6.07, 6.45) is 1.55. The number of amides is 2. The fraction of sp³-hybridized carbons (Fsp3) is 0.579. The Morgan fingerprint density at radius 2 is 1.69 bits per heavy atom. The van der Waals surface area contributed by atoms with E-state index >= 15 is 0 Å². The van der Waals surface area contributed by atoms with Crippen LogP contribution < -0.4 is 35.6 Å². The van der Waals surface area contributed by atoms with Crippen molar-refractivity contribution in [3.63, 3.8) is 0 Å². The largest absolute Gasteiger partial charge is 0.493 e. The van der Waals surface area contributed by atoms with Gasteiger partial charge >= 0.3 is 5.97 Å². The number of fused-ring (bicyclic) bond motifs is 3. The van der Waals surface area contributed by atoms with Gasteiger partial charge in [-0.2, -0.15) is 0 Å². The smallest absolute Gasteiger partial charge is 0.308 e. The maximum absolute atomic E-state index is 13.7. The van der Waals surface area contributed by atoms with Crippen molar-refractivity contribution >= 4 is 23.5 Å². The Hall–Kier alpha value is -4.36. The van der Waals surface area contributed by atoms with Crippen LogP contribution in [0.15, 0.2) is 29.1 Å². The number of methoxy groups -OCH3 is 3. The zero-order chi connectivity index (χ0) is 37.7. The number of esters is 1. The van der Waals surface area contributed by atoms with Gasteiger partial charge in [-0.05, 0) is 95.7 Å². The van der Waals surface area contributed by atoms with Crippen LogP contribution >= 0.6 is 0 Å². The summed E-state index contributed by atoms with van der Waals surface area (Å²) >= 11 is 0. The van der Waals surface area contributed by atoms with E-state index < -0.39 is 23.5 Å².